The molecule has 5 nitrogen and oxygen atoms in total. The molecule has 0 aliphatic rings. The average molecular weight is 382 g/mol. The van der Waals surface area contributed by atoms with Gasteiger partial charge in [0.25, 0.3) is 5.91 Å². The molecule has 1 aromatic carbocycles. The number of rotatable bonds is 4. The van der Waals surface area contributed by atoms with Gasteiger partial charge in [-0.1, -0.05) is 41.3 Å². The van der Waals surface area contributed by atoms with Crippen molar-refractivity contribution in [3.63, 3.8) is 0 Å². The van der Waals surface area contributed by atoms with E-state index in [4.69, 9.17) is 0 Å². The zero-order valence-corrected chi connectivity index (χ0v) is 14.0. The Morgan fingerprint density at radius 2 is 1.84 bits per heavy atom. The van der Waals surface area contributed by atoms with Crippen molar-refractivity contribution in [1.82, 2.24) is 15.2 Å². The zero-order chi connectivity index (χ0) is 17.9. The Labute approximate surface area is 148 Å². The number of carbonyl (C=O) groups excluding carboxylic acids is 1. The fourth-order valence-electron chi connectivity index (χ4n) is 1.80. The molecule has 2 heterocycles. The largest absolute Gasteiger partial charge is 0.445 e. The monoisotopic (exact) mass is 382 g/mol. The summed E-state index contributed by atoms with van der Waals surface area (Å²) in [5.74, 6) is -0.601. The molecule has 0 bridgehead atoms. The highest BCUT2D eigenvalue weighted by Crippen LogP contribution is 2.33. The van der Waals surface area contributed by atoms with Crippen molar-refractivity contribution in [3.8, 4) is 0 Å². The van der Waals surface area contributed by atoms with Gasteiger partial charge < -0.3 is 0 Å². The molecule has 128 valence electrons. The van der Waals surface area contributed by atoms with Crippen LogP contribution in [0.5, 0.6) is 0 Å². The third-order valence-electron chi connectivity index (χ3n) is 2.86. The van der Waals surface area contributed by atoms with E-state index in [0.29, 0.717) is 5.03 Å². The number of nitrogens with one attached hydrogen (secondary N) is 1. The number of benzene rings is 1. The molecule has 1 amide bonds. The Balaban J connectivity index is 1.80. The Kier molecular flexibility index (Phi) is 5.00. The first-order valence-corrected chi connectivity index (χ1v) is 8.47. The maximum Gasteiger partial charge on any atom is 0.445 e. The molecule has 10 heteroatoms. The van der Waals surface area contributed by atoms with Gasteiger partial charge in [-0.05, 0) is 24.3 Å². The molecule has 1 N–H and O–H groups in total. The molecule has 2 aromatic heterocycles. The van der Waals surface area contributed by atoms with E-state index in [-0.39, 0.29) is 22.0 Å². The molecule has 0 unspecified atom stereocenters. The van der Waals surface area contributed by atoms with Gasteiger partial charge >= 0.3 is 6.18 Å². The van der Waals surface area contributed by atoms with Crippen LogP contribution >= 0.6 is 23.1 Å². The summed E-state index contributed by atoms with van der Waals surface area (Å²) in [7, 11) is 0. The van der Waals surface area contributed by atoms with Crippen LogP contribution in [0, 0.1) is 0 Å². The van der Waals surface area contributed by atoms with Crippen molar-refractivity contribution in [3.05, 3.63) is 59.2 Å². The van der Waals surface area contributed by atoms with Crippen molar-refractivity contribution in [1.29, 1.82) is 0 Å². The lowest BCUT2D eigenvalue weighted by Gasteiger charge is -2.07. The van der Waals surface area contributed by atoms with Crippen molar-refractivity contribution < 1.29 is 18.0 Å². The first kappa shape index (κ1) is 17.4. The smallest absolute Gasteiger partial charge is 0.296 e. The molecule has 0 spiro atoms. The maximum absolute atomic E-state index is 12.5. The van der Waals surface area contributed by atoms with Gasteiger partial charge in [0.1, 0.15) is 5.03 Å². The fourth-order valence-corrected chi connectivity index (χ4v) is 3.30. The maximum atomic E-state index is 12.5. The number of pyridine rings is 1. The Bertz CT molecular complexity index is 884. The number of aromatic nitrogens is 3. The van der Waals surface area contributed by atoms with Gasteiger partial charge in [0.2, 0.25) is 10.1 Å². The summed E-state index contributed by atoms with van der Waals surface area (Å²) in [6.45, 7) is 0. The molecule has 0 saturated carbocycles. The van der Waals surface area contributed by atoms with E-state index in [2.05, 4.69) is 20.5 Å². The van der Waals surface area contributed by atoms with Gasteiger partial charge in [-0.3, -0.25) is 10.1 Å². The first-order valence-electron chi connectivity index (χ1n) is 6.83. The average Bonchev–Trinajstić information content (AvgIpc) is 3.05. The molecule has 0 atom stereocenters. The number of halogens is 3. The third kappa shape index (κ3) is 4.34. The number of nitrogens with zero attached hydrogens (tertiary/aromatic N) is 3. The Morgan fingerprint density at radius 3 is 2.52 bits per heavy atom. The van der Waals surface area contributed by atoms with E-state index in [1.165, 1.54) is 18.0 Å². The minimum atomic E-state index is -4.59. The fraction of sp³-hybridized carbons (Fsp3) is 0.0667. The molecule has 0 fully saturated rings. The molecule has 0 aliphatic carbocycles. The van der Waals surface area contributed by atoms with Crippen LogP contribution in [-0.2, 0) is 6.18 Å². The summed E-state index contributed by atoms with van der Waals surface area (Å²) in [6, 6.07) is 12.4. The lowest BCUT2D eigenvalue weighted by Crippen LogP contribution is -2.13. The van der Waals surface area contributed by atoms with Crippen LogP contribution in [0.2, 0.25) is 0 Å². The quantitative estimate of drug-likeness (QED) is 0.726. The highest BCUT2D eigenvalue weighted by molar-refractivity contribution is 7.99. The van der Waals surface area contributed by atoms with Crippen LogP contribution < -0.4 is 5.32 Å². The second kappa shape index (κ2) is 7.19. The molecular formula is C15H9F3N4OS2. The third-order valence-corrected chi connectivity index (χ3v) is 4.77. The van der Waals surface area contributed by atoms with Gasteiger partial charge in [-0.2, -0.15) is 13.2 Å². The highest BCUT2D eigenvalue weighted by atomic mass is 32.2. The van der Waals surface area contributed by atoms with E-state index in [0.717, 1.165) is 4.90 Å². The highest BCUT2D eigenvalue weighted by Gasteiger charge is 2.35. The predicted molar refractivity (Wildman–Crippen MR) is 87.7 cm³/mol. The summed E-state index contributed by atoms with van der Waals surface area (Å²) < 4.78 is 37.6. The molecule has 0 aliphatic heterocycles. The molecule has 0 radical (unpaired) electrons. The normalized spacial score (nSPS) is 11.3. The van der Waals surface area contributed by atoms with Gasteiger partial charge in [0.05, 0.1) is 5.56 Å². The number of carbonyl (C=O) groups is 1. The zero-order valence-electron chi connectivity index (χ0n) is 12.3. The van der Waals surface area contributed by atoms with E-state index in [1.54, 1.807) is 12.1 Å². The second-order valence-corrected chi connectivity index (χ2v) is 6.68. The number of anilines is 1. The van der Waals surface area contributed by atoms with Crippen molar-refractivity contribution in [2.24, 2.45) is 0 Å². The minimum absolute atomic E-state index is 0.225. The van der Waals surface area contributed by atoms with E-state index < -0.39 is 17.1 Å². The topological polar surface area (TPSA) is 67.8 Å². The summed E-state index contributed by atoms with van der Waals surface area (Å²) in [5, 5.41) is 7.81. The lowest BCUT2D eigenvalue weighted by atomic mass is 10.3. The molecule has 0 saturated heterocycles. The molecule has 3 aromatic rings. The summed E-state index contributed by atoms with van der Waals surface area (Å²) in [6.07, 6.45) is -3.06. The lowest BCUT2D eigenvalue weighted by molar-refractivity contribution is -0.138. The van der Waals surface area contributed by atoms with Crippen molar-refractivity contribution in [2.45, 2.75) is 16.1 Å². The molecular weight excluding hydrogens is 373 g/mol. The van der Waals surface area contributed by atoms with Crippen LogP contribution in [-0.4, -0.2) is 21.1 Å². The van der Waals surface area contributed by atoms with Crippen LogP contribution in [0.4, 0.5) is 18.3 Å². The van der Waals surface area contributed by atoms with E-state index >= 15 is 0 Å². The van der Waals surface area contributed by atoms with Gasteiger partial charge in [-0.15, -0.1) is 10.2 Å². The summed E-state index contributed by atoms with van der Waals surface area (Å²) >= 11 is 1.54. The van der Waals surface area contributed by atoms with Crippen LogP contribution in [0.1, 0.15) is 15.4 Å². The van der Waals surface area contributed by atoms with Gasteiger partial charge in [-0.25, -0.2) is 4.98 Å². The number of hydrogen-bond acceptors (Lipinski definition) is 6. The van der Waals surface area contributed by atoms with Gasteiger partial charge in [0.15, 0.2) is 0 Å². The minimum Gasteiger partial charge on any atom is -0.296 e. The van der Waals surface area contributed by atoms with Crippen molar-refractivity contribution >= 4 is 34.1 Å². The molecule has 25 heavy (non-hydrogen) atoms. The van der Waals surface area contributed by atoms with Crippen LogP contribution in [0.3, 0.4) is 0 Å². The first-order chi connectivity index (χ1) is 11.9. The predicted octanol–water partition coefficient (Wildman–Crippen LogP) is 4.36. The number of alkyl halides is 3. The molecule has 3 rings (SSSR count). The Morgan fingerprint density at radius 1 is 1.08 bits per heavy atom. The Hall–Kier alpha value is -2.46. The second-order valence-electron chi connectivity index (χ2n) is 4.64. The van der Waals surface area contributed by atoms with E-state index in [1.807, 2.05) is 30.3 Å². The summed E-state index contributed by atoms with van der Waals surface area (Å²) in [4.78, 5) is 17.4. The van der Waals surface area contributed by atoms with E-state index in [9.17, 15) is 18.0 Å². The number of amides is 1. The SMILES string of the molecule is O=C(Nc1nnc(C(F)(F)F)s1)c1cccnc1Sc1ccccc1. The standard InChI is InChI=1S/C15H9F3N4OS2/c16-15(17,18)13-21-22-14(25-13)20-11(23)10-7-4-8-19-12(10)24-9-5-2-1-3-6-9/h1-8H,(H,20,22,23). The van der Waals surface area contributed by atoms with Crippen molar-refractivity contribution in [2.75, 3.05) is 5.32 Å². The number of hydrogen-bond donors (Lipinski definition) is 1. The summed E-state index contributed by atoms with van der Waals surface area (Å²) in [5.41, 5.74) is 0.236. The van der Waals surface area contributed by atoms with Crippen LogP contribution in [0.25, 0.3) is 0 Å². The van der Waals surface area contributed by atoms with Gasteiger partial charge in [0, 0.05) is 11.1 Å². The van der Waals surface area contributed by atoms with Crippen LogP contribution in [0.15, 0.2) is 58.6 Å².